The molecule has 3 aliphatic heterocycles. The second-order valence-corrected chi connectivity index (χ2v) is 8.51. The SMILES string of the molecule is C.O=S(=O)(O)OC1CN2C3CC[C@H]2C[C@H](c2ccc(Cl)c(Cl)c2)[C@H]13. The Morgan fingerprint density at radius 3 is 2.62 bits per heavy atom. The second-order valence-electron chi connectivity index (χ2n) is 6.65. The molecular formula is C16H21Cl2NO4S. The molecule has 1 aromatic rings. The molecule has 0 amide bonds. The zero-order chi connectivity index (χ0) is 16.4. The molecular weight excluding hydrogens is 373 g/mol. The first kappa shape index (κ1) is 18.4. The van der Waals surface area contributed by atoms with Crippen LogP contribution >= 0.6 is 23.2 Å². The maximum Gasteiger partial charge on any atom is 0.397 e. The Hall–Kier alpha value is -0.370. The van der Waals surface area contributed by atoms with Crippen LogP contribution in [0.2, 0.25) is 10.0 Å². The average Bonchev–Trinajstić information content (AvgIpc) is 2.86. The van der Waals surface area contributed by atoms with E-state index in [-0.39, 0.29) is 19.3 Å². The van der Waals surface area contributed by atoms with Gasteiger partial charge in [0, 0.05) is 24.5 Å². The zero-order valence-electron chi connectivity index (χ0n) is 12.2. The van der Waals surface area contributed by atoms with Gasteiger partial charge >= 0.3 is 10.4 Å². The normalized spacial score (nSPS) is 37.3. The number of hydrogen-bond acceptors (Lipinski definition) is 4. The molecule has 3 unspecified atom stereocenters. The molecule has 3 fully saturated rings. The van der Waals surface area contributed by atoms with E-state index in [1.807, 2.05) is 12.1 Å². The fourth-order valence-corrected chi connectivity index (χ4v) is 5.63. The number of rotatable bonds is 3. The maximum atomic E-state index is 11.2. The van der Waals surface area contributed by atoms with Crippen molar-refractivity contribution < 1.29 is 17.2 Å². The highest BCUT2D eigenvalue weighted by Gasteiger charge is 2.57. The number of nitrogens with zero attached hydrogens (tertiary/aromatic N) is 1. The second kappa shape index (κ2) is 6.41. The molecule has 3 saturated heterocycles. The van der Waals surface area contributed by atoms with Gasteiger partial charge in [0.25, 0.3) is 0 Å². The van der Waals surface area contributed by atoms with Gasteiger partial charge in [0.2, 0.25) is 0 Å². The Kier molecular flexibility index (Phi) is 4.92. The fourth-order valence-electron chi connectivity index (χ4n) is 4.82. The molecule has 0 spiro atoms. The highest BCUT2D eigenvalue weighted by atomic mass is 35.5. The Labute approximate surface area is 152 Å². The highest BCUT2D eigenvalue weighted by molar-refractivity contribution is 7.80. The summed E-state index contributed by atoms with van der Waals surface area (Å²) >= 11 is 12.2. The topological polar surface area (TPSA) is 66.8 Å². The molecule has 3 aliphatic rings. The van der Waals surface area contributed by atoms with E-state index in [1.165, 1.54) is 0 Å². The third kappa shape index (κ3) is 3.08. The van der Waals surface area contributed by atoms with E-state index in [4.69, 9.17) is 31.9 Å². The minimum absolute atomic E-state index is 0. The van der Waals surface area contributed by atoms with Crippen LogP contribution in [-0.2, 0) is 14.6 Å². The molecule has 0 aliphatic carbocycles. The molecule has 0 radical (unpaired) electrons. The first-order valence-electron chi connectivity index (χ1n) is 7.70. The molecule has 5 nitrogen and oxygen atoms in total. The number of benzene rings is 1. The van der Waals surface area contributed by atoms with E-state index in [9.17, 15) is 8.42 Å². The van der Waals surface area contributed by atoms with Crippen molar-refractivity contribution in [1.82, 2.24) is 4.90 Å². The molecule has 3 heterocycles. The van der Waals surface area contributed by atoms with Crippen LogP contribution in [0.4, 0.5) is 0 Å². The summed E-state index contributed by atoms with van der Waals surface area (Å²) in [6.07, 6.45) is 2.60. The summed E-state index contributed by atoms with van der Waals surface area (Å²) < 4.78 is 36.5. The summed E-state index contributed by atoms with van der Waals surface area (Å²) in [5.41, 5.74) is 1.06. The van der Waals surface area contributed by atoms with E-state index in [2.05, 4.69) is 4.90 Å². The van der Waals surface area contributed by atoms with Crippen molar-refractivity contribution in [3.8, 4) is 0 Å². The van der Waals surface area contributed by atoms with E-state index in [0.29, 0.717) is 28.7 Å². The lowest BCUT2D eigenvalue weighted by Gasteiger charge is -2.37. The molecule has 24 heavy (non-hydrogen) atoms. The molecule has 8 heteroatoms. The Morgan fingerprint density at radius 2 is 1.96 bits per heavy atom. The van der Waals surface area contributed by atoms with Crippen LogP contribution in [0.5, 0.6) is 0 Å². The quantitative estimate of drug-likeness (QED) is 0.791. The average molecular weight is 394 g/mol. The molecule has 4 bridgehead atoms. The van der Waals surface area contributed by atoms with Crippen molar-refractivity contribution in [3.05, 3.63) is 33.8 Å². The van der Waals surface area contributed by atoms with E-state index < -0.39 is 16.5 Å². The summed E-state index contributed by atoms with van der Waals surface area (Å²) in [5, 5.41) is 1.01. The predicted octanol–water partition coefficient (Wildman–Crippen LogP) is 3.77. The Balaban J connectivity index is 0.00000169. The lowest BCUT2D eigenvalue weighted by Crippen LogP contribution is -2.41. The Bertz CT molecular complexity index is 742. The molecule has 0 aromatic heterocycles. The first-order valence-corrected chi connectivity index (χ1v) is 9.82. The van der Waals surface area contributed by atoms with Gasteiger partial charge in [-0.25, -0.2) is 4.18 Å². The van der Waals surface area contributed by atoms with E-state index in [0.717, 1.165) is 24.8 Å². The van der Waals surface area contributed by atoms with Crippen LogP contribution in [0.1, 0.15) is 38.2 Å². The van der Waals surface area contributed by atoms with Gasteiger partial charge in [-0.05, 0) is 42.9 Å². The maximum absolute atomic E-state index is 11.2. The van der Waals surface area contributed by atoms with Gasteiger partial charge in [0.15, 0.2) is 0 Å². The molecule has 4 rings (SSSR count). The van der Waals surface area contributed by atoms with Gasteiger partial charge in [-0.15, -0.1) is 0 Å². The van der Waals surface area contributed by atoms with Gasteiger partial charge in [-0.1, -0.05) is 36.7 Å². The summed E-state index contributed by atoms with van der Waals surface area (Å²) in [7, 11) is -4.46. The lowest BCUT2D eigenvalue weighted by atomic mass is 9.77. The standard InChI is InChI=1S/C15H17Cl2NO4S.CH4/c16-11-3-1-8(5-12(11)17)10-6-9-2-4-13-15(10)14(7-18(9)13)22-23(19,20)21;/h1,3,5,9-10,13-15H,2,4,6-7H2,(H,19,20,21);1H4/t9-,10+,13?,14?,15-;/m0./s1. The molecule has 0 saturated carbocycles. The molecule has 6 atom stereocenters. The van der Waals surface area contributed by atoms with Gasteiger partial charge < -0.3 is 0 Å². The van der Waals surface area contributed by atoms with E-state index >= 15 is 0 Å². The van der Waals surface area contributed by atoms with Crippen LogP contribution in [0, 0.1) is 5.92 Å². The van der Waals surface area contributed by atoms with Crippen LogP contribution in [-0.4, -0.2) is 42.6 Å². The molecule has 1 N–H and O–H groups in total. The number of halogens is 2. The third-order valence-electron chi connectivity index (χ3n) is 5.56. The smallest absolute Gasteiger partial charge is 0.294 e. The van der Waals surface area contributed by atoms with Crippen molar-refractivity contribution in [3.63, 3.8) is 0 Å². The van der Waals surface area contributed by atoms with Crippen LogP contribution in [0.15, 0.2) is 18.2 Å². The highest BCUT2D eigenvalue weighted by Crippen LogP contribution is 2.53. The zero-order valence-corrected chi connectivity index (χ0v) is 14.6. The summed E-state index contributed by atoms with van der Waals surface area (Å²) in [4.78, 5) is 2.34. The van der Waals surface area contributed by atoms with Crippen LogP contribution in [0.3, 0.4) is 0 Å². The van der Waals surface area contributed by atoms with Gasteiger partial charge in [0.1, 0.15) is 0 Å². The number of piperidine rings is 1. The monoisotopic (exact) mass is 393 g/mol. The molecule has 134 valence electrons. The first-order chi connectivity index (χ1) is 10.8. The molecule has 1 aromatic carbocycles. The minimum atomic E-state index is -4.46. The summed E-state index contributed by atoms with van der Waals surface area (Å²) in [6.45, 7) is 0.553. The van der Waals surface area contributed by atoms with Gasteiger partial charge in [-0.2, -0.15) is 8.42 Å². The Morgan fingerprint density at radius 1 is 1.21 bits per heavy atom. The van der Waals surface area contributed by atoms with Crippen LogP contribution < -0.4 is 0 Å². The van der Waals surface area contributed by atoms with Crippen molar-refractivity contribution in [2.75, 3.05) is 6.54 Å². The van der Waals surface area contributed by atoms with Crippen molar-refractivity contribution in [1.29, 1.82) is 0 Å². The van der Waals surface area contributed by atoms with Gasteiger partial charge in [-0.3, -0.25) is 9.45 Å². The number of hydrogen-bond donors (Lipinski definition) is 1. The van der Waals surface area contributed by atoms with Crippen molar-refractivity contribution in [2.24, 2.45) is 5.92 Å². The van der Waals surface area contributed by atoms with Crippen LogP contribution in [0.25, 0.3) is 0 Å². The predicted molar refractivity (Wildman–Crippen MR) is 94.0 cm³/mol. The summed E-state index contributed by atoms with van der Waals surface area (Å²) in [5.74, 6) is 0.195. The lowest BCUT2D eigenvalue weighted by molar-refractivity contribution is 0.122. The third-order valence-corrected chi connectivity index (χ3v) is 6.79. The van der Waals surface area contributed by atoms with E-state index in [1.54, 1.807) is 6.07 Å². The van der Waals surface area contributed by atoms with Crippen molar-refractivity contribution in [2.45, 2.75) is 50.8 Å². The fraction of sp³-hybridized carbons (Fsp3) is 0.625. The summed E-state index contributed by atoms with van der Waals surface area (Å²) in [6, 6.07) is 6.34. The van der Waals surface area contributed by atoms with Gasteiger partial charge in [0.05, 0.1) is 16.1 Å². The minimum Gasteiger partial charge on any atom is -0.294 e. The largest absolute Gasteiger partial charge is 0.397 e. The van der Waals surface area contributed by atoms with Crippen molar-refractivity contribution >= 4 is 33.6 Å².